The molecule has 1 aliphatic carbocycles. The zero-order valence-electron chi connectivity index (χ0n) is 16.0. The summed E-state index contributed by atoms with van der Waals surface area (Å²) in [6, 6.07) is 6.13. The zero-order valence-corrected chi connectivity index (χ0v) is 16.8. The first kappa shape index (κ1) is 20.1. The molecule has 1 amide bonds. The molecule has 0 saturated heterocycles. The number of ether oxygens (including phenoxy) is 2. The molecule has 0 aromatic heterocycles. The third-order valence-corrected chi connectivity index (χ3v) is 6.73. The Bertz CT molecular complexity index is 1160. The monoisotopic (exact) mass is 434 g/mol. The van der Waals surface area contributed by atoms with Crippen LogP contribution in [-0.2, 0) is 26.0 Å². The van der Waals surface area contributed by atoms with E-state index in [0.29, 0.717) is 18.3 Å². The number of esters is 1. The second kappa shape index (κ2) is 7.28. The average molecular weight is 434 g/mol. The molecule has 2 aliphatic rings. The van der Waals surface area contributed by atoms with E-state index in [1.165, 1.54) is 13.2 Å². The minimum absolute atomic E-state index is 0.0255. The van der Waals surface area contributed by atoms with Gasteiger partial charge in [0.15, 0.2) is 0 Å². The molecule has 1 saturated carbocycles. The van der Waals surface area contributed by atoms with E-state index in [9.17, 15) is 22.4 Å². The first-order valence-electron chi connectivity index (χ1n) is 9.19. The van der Waals surface area contributed by atoms with Crippen molar-refractivity contribution >= 4 is 27.6 Å². The summed E-state index contributed by atoms with van der Waals surface area (Å²) in [5.41, 5.74) is 5.85. The Kier molecular flexibility index (Phi) is 4.89. The molecule has 158 valence electrons. The molecule has 0 spiro atoms. The molecule has 2 atom stereocenters. The molecule has 3 N–H and O–H groups in total. The maximum absolute atomic E-state index is 13.6. The maximum atomic E-state index is 13.6. The number of methoxy groups -OCH3 is 1. The van der Waals surface area contributed by atoms with Gasteiger partial charge in [-0.05, 0) is 47.7 Å². The van der Waals surface area contributed by atoms with Gasteiger partial charge in [0.05, 0.1) is 30.7 Å². The van der Waals surface area contributed by atoms with Gasteiger partial charge in [-0.3, -0.25) is 9.52 Å². The lowest BCUT2D eigenvalue weighted by Crippen LogP contribution is -2.22. The van der Waals surface area contributed by atoms with E-state index in [0.717, 1.165) is 30.2 Å². The number of hydrogen-bond donors (Lipinski definition) is 2. The van der Waals surface area contributed by atoms with Crippen molar-refractivity contribution in [2.75, 3.05) is 18.4 Å². The van der Waals surface area contributed by atoms with Gasteiger partial charge in [-0.15, -0.1) is 0 Å². The van der Waals surface area contributed by atoms with Crippen molar-refractivity contribution < 1.29 is 31.9 Å². The van der Waals surface area contributed by atoms with Crippen LogP contribution in [0.4, 0.5) is 10.1 Å². The summed E-state index contributed by atoms with van der Waals surface area (Å²) in [7, 11) is -3.10. The molecule has 1 aliphatic heterocycles. The van der Waals surface area contributed by atoms with Crippen LogP contribution < -0.4 is 15.2 Å². The second-order valence-electron chi connectivity index (χ2n) is 7.31. The molecule has 2 unspecified atom stereocenters. The summed E-state index contributed by atoms with van der Waals surface area (Å²) < 4.78 is 52.6. The van der Waals surface area contributed by atoms with Gasteiger partial charge in [-0.1, -0.05) is 6.07 Å². The molecule has 0 radical (unpaired) electrons. The summed E-state index contributed by atoms with van der Waals surface area (Å²) >= 11 is 0. The van der Waals surface area contributed by atoms with Gasteiger partial charge in [0.2, 0.25) is 5.91 Å². The van der Waals surface area contributed by atoms with E-state index in [1.54, 1.807) is 6.07 Å². The van der Waals surface area contributed by atoms with E-state index in [1.807, 2.05) is 0 Å². The van der Waals surface area contributed by atoms with Crippen molar-refractivity contribution in [3.63, 3.8) is 0 Å². The van der Waals surface area contributed by atoms with Gasteiger partial charge in [0.1, 0.15) is 17.1 Å². The lowest BCUT2D eigenvalue weighted by Gasteiger charge is -2.22. The number of carbonyl (C=O) groups excluding carboxylic acids is 2. The highest BCUT2D eigenvalue weighted by Gasteiger charge is 2.45. The molecule has 2 aromatic rings. The average Bonchev–Trinajstić information content (AvgIpc) is 3.46. The number of carbonyl (C=O) groups is 2. The van der Waals surface area contributed by atoms with Crippen LogP contribution in [0, 0.1) is 11.7 Å². The number of fused-ring (bicyclic) bond motifs is 3. The van der Waals surface area contributed by atoms with Gasteiger partial charge in [-0.2, -0.15) is 0 Å². The predicted octanol–water partition coefficient (Wildman–Crippen LogP) is 1.94. The van der Waals surface area contributed by atoms with E-state index in [-0.39, 0.29) is 27.6 Å². The molecule has 2 aromatic carbocycles. The first-order chi connectivity index (χ1) is 14.2. The Morgan fingerprint density at radius 1 is 1.30 bits per heavy atom. The standard InChI is InChI=1S/C20H19FN2O6S/c1-28-20(25)18-15(4-3-13-14-7-11(14)9-29-19(13)18)23-30(26,27)16-5-2-12(21)6-10(16)8-17(22)24/h2-6,11,14,23H,7-9H2,1H3,(H2,22,24). The number of rotatable bonds is 6. The number of amides is 1. The summed E-state index contributed by atoms with van der Waals surface area (Å²) in [6.07, 6.45) is 0.485. The normalized spacial score (nSPS) is 19.1. The van der Waals surface area contributed by atoms with Crippen molar-refractivity contribution in [1.82, 2.24) is 0 Å². The number of nitrogens with one attached hydrogen (secondary N) is 1. The highest BCUT2D eigenvalue weighted by molar-refractivity contribution is 7.92. The quantitative estimate of drug-likeness (QED) is 0.670. The van der Waals surface area contributed by atoms with E-state index in [2.05, 4.69) is 4.72 Å². The van der Waals surface area contributed by atoms with Crippen LogP contribution in [0.2, 0.25) is 0 Å². The number of hydrogen-bond acceptors (Lipinski definition) is 6. The van der Waals surface area contributed by atoms with Crippen LogP contribution >= 0.6 is 0 Å². The number of halogens is 1. The second-order valence-corrected chi connectivity index (χ2v) is 8.96. The van der Waals surface area contributed by atoms with E-state index >= 15 is 0 Å². The van der Waals surface area contributed by atoms with Crippen LogP contribution in [0.5, 0.6) is 5.75 Å². The molecule has 4 rings (SSSR count). The Hall–Kier alpha value is -3.14. The Labute approximate surface area is 172 Å². The van der Waals surface area contributed by atoms with Crippen LogP contribution in [0.15, 0.2) is 35.2 Å². The Morgan fingerprint density at radius 2 is 2.07 bits per heavy atom. The van der Waals surface area contributed by atoms with Gasteiger partial charge < -0.3 is 15.2 Å². The third kappa shape index (κ3) is 3.58. The zero-order chi connectivity index (χ0) is 21.6. The van der Waals surface area contributed by atoms with Crippen molar-refractivity contribution in [3.05, 3.63) is 52.8 Å². The molecule has 8 nitrogen and oxygen atoms in total. The number of primary amides is 1. The minimum atomic E-state index is -4.29. The SMILES string of the molecule is COC(=O)c1c(NS(=O)(=O)c2ccc(F)cc2CC(N)=O)ccc2c1OCC1CC21. The molecular weight excluding hydrogens is 415 g/mol. The fourth-order valence-corrected chi connectivity index (χ4v) is 5.07. The first-order valence-corrected chi connectivity index (χ1v) is 10.7. The molecule has 0 bridgehead atoms. The molecule has 1 fully saturated rings. The largest absolute Gasteiger partial charge is 0.492 e. The van der Waals surface area contributed by atoms with Gasteiger partial charge >= 0.3 is 5.97 Å². The number of benzene rings is 2. The van der Waals surface area contributed by atoms with Gasteiger partial charge in [0.25, 0.3) is 10.0 Å². The smallest absolute Gasteiger partial charge is 0.343 e. The number of nitrogens with two attached hydrogens (primary N) is 1. The fourth-order valence-electron chi connectivity index (χ4n) is 3.77. The topological polar surface area (TPSA) is 125 Å². The molecular formula is C20H19FN2O6S. The van der Waals surface area contributed by atoms with Gasteiger partial charge in [0, 0.05) is 5.92 Å². The lowest BCUT2D eigenvalue weighted by atomic mass is 10.0. The van der Waals surface area contributed by atoms with E-state index < -0.39 is 34.1 Å². The highest BCUT2D eigenvalue weighted by atomic mass is 32.2. The van der Waals surface area contributed by atoms with E-state index in [4.69, 9.17) is 15.2 Å². The molecule has 30 heavy (non-hydrogen) atoms. The van der Waals surface area contributed by atoms with Gasteiger partial charge in [-0.25, -0.2) is 17.6 Å². The minimum Gasteiger partial charge on any atom is -0.492 e. The van der Waals surface area contributed by atoms with Crippen molar-refractivity contribution in [1.29, 1.82) is 0 Å². The lowest BCUT2D eigenvalue weighted by molar-refractivity contribution is -0.117. The van der Waals surface area contributed by atoms with Crippen LogP contribution in [-0.4, -0.2) is 34.0 Å². The summed E-state index contributed by atoms with van der Waals surface area (Å²) in [5.74, 6) is -1.28. The summed E-state index contributed by atoms with van der Waals surface area (Å²) in [4.78, 5) is 23.4. The molecule has 10 heteroatoms. The highest BCUT2D eigenvalue weighted by Crippen LogP contribution is 2.55. The number of sulfonamides is 1. The van der Waals surface area contributed by atoms with Crippen LogP contribution in [0.1, 0.15) is 33.8 Å². The Balaban J connectivity index is 1.77. The van der Waals surface area contributed by atoms with Crippen molar-refractivity contribution in [2.24, 2.45) is 11.7 Å². The fraction of sp³-hybridized carbons (Fsp3) is 0.300. The third-order valence-electron chi connectivity index (χ3n) is 5.26. The maximum Gasteiger partial charge on any atom is 0.343 e. The molecule has 1 heterocycles. The van der Waals surface area contributed by atoms with Crippen molar-refractivity contribution in [2.45, 2.75) is 23.7 Å². The predicted molar refractivity (Wildman–Crippen MR) is 104 cm³/mol. The Morgan fingerprint density at radius 3 is 2.77 bits per heavy atom. The number of anilines is 1. The summed E-state index contributed by atoms with van der Waals surface area (Å²) in [5, 5.41) is 0. The van der Waals surface area contributed by atoms with Crippen LogP contribution in [0.25, 0.3) is 0 Å². The van der Waals surface area contributed by atoms with Crippen LogP contribution in [0.3, 0.4) is 0 Å². The van der Waals surface area contributed by atoms with Crippen molar-refractivity contribution in [3.8, 4) is 5.75 Å². The summed E-state index contributed by atoms with van der Waals surface area (Å²) in [6.45, 7) is 0.443.